The van der Waals surface area contributed by atoms with Gasteiger partial charge in [0, 0.05) is 49.5 Å². The lowest BCUT2D eigenvalue weighted by atomic mass is 10.0. The molecule has 4 atom stereocenters. The average Bonchev–Trinajstić information content (AvgIpc) is 3.57. The Hall–Kier alpha value is -5.72. The molecule has 0 spiro atoms. The van der Waals surface area contributed by atoms with Crippen LogP contribution >= 0.6 is 0 Å². The second-order valence-corrected chi connectivity index (χ2v) is 13.6. The predicted octanol–water partition coefficient (Wildman–Crippen LogP) is 6.34. The highest BCUT2D eigenvalue weighted by molar-refractivity contribution is 6.09. The number of aldehydes is 1. The summed E-state index contributed by atoms with van der Waals surface area (Å²) in [6.45, 7) is 11.8. The van der Waals surface area contributed by atoms with E-state index in [0.29, 0.717) is 17.8 Å². The van der Waals surface area contributed by atoms with E-state index in [1.54, 1.807) is 24.3 Å². The molecule has 0 unspecified atom stereocenters. The summed E-state index contributed by atoms with van der Waals surface area (Å²) in [5.41, 5.74) is 18.0. The van der Waals surface area contributed by atoms with E-state index in [2.05, 4.69) is 54.6 Å². The number of nitrogens with zero attached hydrogens (tertiary/aromatic N) is 3. The van der Waals surface area contributed by atoms with Crippen molar-refractivity contribution in [2.45, 2.75) is 58.5 Å². The number of carbonyl (C=O) groups is 3. The molecule has 53 heavy (non-hydrogen) atoms. The molecular formula is C41H47N5O7. The van der Waals surface area contributed by atoms with Crippen LogP contribution in [0.2, 0.25) is 0 Å². The molecule has 6 N–H and O–H groups in total. The molecule has 4 aromatic carbocycles. The molecule has 0 radical (unpaired) electrons. The summed E-state index contributed by atoms with van der Waals surface area (Å²) in [5, 5.41) is 17.9. The Morgan fingerprint density at radius 3 is 1.77 bits per heavy atom. The van der Waals surface area contributed by atoms with E-state index in [4.69, 9.17) is 26.0 Å². The summed E-state index contributed by atoms with van der Waals surface area (Å²) in [5.74, 6) is -1.99. The highest BCUT2D eigenvalue weighted by atomic mass is 16.5. The van der Waals surface area contributed by atoms with Gasteiger partial charge in [-0.3, -0.25) is 9.79 Å². The topological polar surface area (TPSA) is 181 Å². The number of morpholine rings is 2. The minimum Gasteiger partial charge on any atom is -0.478 e. The van der Waals surface area contributed by atoms with Crippen molar-refractivity contribution < 1.29 is 34.1 Å². The van der Waals surface area contributed by atoms with Gasteiger partial charge in [-0.05, 0) is 81.3 Å². The van der Waals surface area contributed by atoms with E-state index in [1.807, 2.05) is 42.5 Å². The highest BCUT2D eigenvalue weighted by Crippen LogP contribution is 2.33. The van der Waals surface area contributed by atoms with Gasteiger partial charge in [-0.2, -0.15) is 0 Å². The van der Waals surface area contributed by atoms with Crippen molar-refractivity contribution >= 4 is 52.4 Å². The van der Waals surface area contributed by atoms with Gasteiger partial charge in [0.2, 0.25) is 0 Å². The first-order valence-electron chi connectivity index (χ1n) is 17.6. The van der Waals surface area contributed by atoms with Gasteiger partial charge in [-0.1, -0.05) is 42.5 Å². The predicted molar refractivity (Wildman–Crippen MR) is 208 cm³/mol. The standard InChI is InChI=1S/C21H22N2O3.C13H17NO2.C7H8N2O2/c1-13-11-23(12-14(2)26-13)17-7-3-5-15(9-17)19-10-16-6-4-8-18(21(24)25)20(16)22-19;1-10-7-14(8-11(2)16-10)13-5-3-4-12(6-13)9-15;8-5-3-1-2-4(6(5)9)7(10)11/h3-9,13-14H,10-12H2,1-2H3,(H,24,25);3-6,9-11H,7-8H2,1-2H3;1-3H,8-9H2,(H,10,11)/t13-,14+;10-,11+;. The fourth-order valence-corrected chi connectivity index (χ4v) is 6.78. The molecule has 12 nitrogen and oxygen atoms in total. The largest absolute Gasteiger partial charge is 0.478 e. The minimum atomic E-state index is -1.06. The third-order valence-corrected chi connectivity index (χ3v) is 9.08. The van der Waals surface area contributed by atoms with Crippen molar-refractivity contribution in [1.82, 2.24) is 0 Å². The molecule has 3 heterocycles. The van der Waals surface area contributed by atoms with Crippen molar-refractivity contribution in [3.8, 4) is 0 Å². The van der Waals surface area contributed by atoms with Crippen molar-refractivity contribution in [3.05, 3.63) is 113 Å². The number of hydrogen-bond donors (Lipinski definition) is 4. The summed E-state index contributed by atoms with van der Waals surface area (Å²) in [7, 11) is 0. The van der Waals surface area contributed by atoms with Gasteiger partial charge in [0.1, 0.15) is 6.29 Å². The number of fused-ring (bicyclic) bond motifs is 1. The molecule has 0 amide bonds. The maximum absolute atomic E-state index is 11.4. The highest BCUT2D eigenvalue weighted by Gasteiger charge is 2.25. The van der Waals surface area contributed by atoms with Gasteiger partial charge in [0.15, 0.2) is 0 Å². The Bertz CT molecular complexity index is 1960. The molecule has 4 aromatic rings. The minimum absolute atomic E-state index is 0.0463. The molecule has 2 fully saturated rings. The zero-order valence-electron chi connectivity index (χ0n) is 30.4. The number of hydrogen-bond acceptors (Lipinski definition) is 10. The number of nitrogens with two attached hydrogens (primary N) is 2. The fraction of sp³-hybridized carbons (Fsp3) is 0.317. The Kier molecular flexibility index (Phi) is 12.5. The van der Waals surface area contributed by atoms with Gasteiger partial charge in [-0.15, -0.1) is 0 Å². The number of aromatic carboxylic acids is 2. The van der Waals surface area contributed by atoms with Crippen molar-refractivity contribution in [2.24, 2.45) is 4.99 Å². The molecule has 0 bridgehead atoms. The number of anilines is 4. The fourth-order valence-electron chi connectivity index (χ4n) is 6.78. The van der Waals surface area contributed by atoms with Crippen molar-refractivity contribution in [1.29, 1.82) is 0 Å². The monoisotopic (exact) mass is 721 g/mol. The van der Waals surface area contributed by atoms with Crippen LogP contribution in [0.1, 0.15) is 69.9 Å². The Morgan fingerprint density at radius 1 is 0.717 bits per heavy atom. The van der Waals surface area contributed by atoms with Crippen LogP contribution in [0.15, 0.2) is 89.9 Å². The van der Waals surface area contributed by atoms with Crippen LogP contribution in [0.3, 0.4) is 0 Å². The summed E-state index contributed by atoms with van der Waals surface area (Å²) in [6, 6.07) is 25.9. The maximum atomic E-state index is 11.4. The van der Waals surface area contributed by atoms with E-state index in [-0.39, 0.29) is 41.2 Å². The van der Waals surface area contributed by atoms with Gasteiger partial charge in [-0.25, -0.2) is 9.59 Å². The molecule has 7 rings (SSSR count). The number of carboxylic acids is 2. The second-order valence-electron chi connectivity index (χ2n) is 13.6. The summed E-state index contributed by atoms with van der Waals surface area (Å²) in [6.07, 6.45) is 2.43. The summed E-state index contributed by atoms with van der Waals surface area (Å²) >= 11 is 0. The maximum Gasteiger partial charge on any atom is 0.337 e. The van der Waals surface area contributed by atoms with E-state index >= 15 is 0 Å². The number of carboxylic acid groups (broad SMARTS) is 2. The van der Waals surface area contributed by atoms with E-state index in [0.717, 1.165) is 66.2 Å². The van der Waals surface area contributed by atoms with Crippen LogP contribution in [0.5, 0.6) is 0 Å². The number of aliphatic imine (C=N–C) groups is 1. The molecule has 3 aliphatic heterocycles. The Labute approximate surface area is 309 Å². The first-order chi connectivity index (χ1) is 25.3. The molecule has 3 aliphatic rings. The van der Waals surface area contributed by atoms with Gasteiger partial charge < -0.3 is 41.0 Å². The van der Waals surface area contributed by atoms with Gasteiger partial charge in [0.05, 0.1) is 58.3 Å². The summed E-state index contributed by atoms with van der Waals surface area (Å²) < 4.78 is 11.5. The van der Waals surface area contributed by atoms with Crippen LogP contribution in [0.25, 0.3) is 0 Å². The number of nitrogen functional groups attached to an aromatic ring is 2. The molecule has 2 saturated heterocycles. The lowest BCUT2D eigenvalue weighted by Gasteiger charge is -2.37. The number of benzene rings is 4. The number of para-hydroxylation sites is 2. The lowest BCUT2D eigenvalue weighted by molar-refractivity contribution is -0.00548. The molecular weight excluding hydrogens is 674 g/mol. The van der Waals surface area contributed by atoms with Gasteiger partial charge in [0.25, 0.3) is 0 Å². The average molecular weight is 722 g/mol. The zero-order valence-corrected chi connectivity index (χ0v) is 30.4. The van der Waals surface area contributed by atoms with E-state index < -0.39 is 11.9 Å². The number of rotatable bonds is 6. The van der Waals surface area contributed by atoms with Crippen LogP contribution < -0.4 is 21.3 Å². The SMILES string of the molecule is C[C@@H]1CN(c2cccc(C3=Nc4c(cccc4C(=O)O)C3)c2)C[C@H](C)O1.C[C@@H]1CN(c2cccc(C=O)c2)C[C@H](C)O1.Nc1cccc(C(=O)O)c1N. The third-order valence-electron chi connectivity index (χ3n) is 9.08. The first kappa shape index (κ1) is 38.5. The number of carbonyl (C=O) groups excluding carboxylic acids is 1. The Morgan fingerprint density at radius 2 is 1.23 bits per heavy atom. The van der Waals surface area contributed by atoms with E-state index in [9.17, 15) is 19.5 Å². The second kappa shape index (κ2) is 17.2. The summed E-state index contributed by atoms with van der Waals surface area (Å²) in [4.78, 5) is 41.9. The smallest absolute Gasteiger partial charge is 0.337 e. The first-order valence-corrected chi connectivity index (χ1v) is 17.6. The molecule has 278 valence electrons. The van der Waals surface area contributed by atoms with Gasteiger partial charge >= 0.3 is 11.9 Å². The quantitative estimate of drug-likeness (QED) is 0.129. The third kappa shape index (κ3) is 9.79. The Balaban J connectivity index is 0.000000171. The van der Waals surface area contributed by atoms with Crippen LogP contribution in [-0.4, -0.2) is 84.7 Å². The van der Waals surface area contributed by atoms with Crippen LogP contribution in [-0.2, 0) is 15.9 Å². The van der Waals surface area contributed by atoms with Crippen LogP contribution in [0, 0.1) is 0 Å². The zero-order chi connectivity index (χ0) is 38.2. The van der Waals surface area contributed by atoms with Crippen molar-refractivity contribution in [3.63, 3.8) is 0 Å². The van der Waals surface area contributed by atoms with E-state index in [1.165, 1.54) is 6.07 Å². The molecule has 0 saturated carbocycles. The van der Waals surface area contributed by atoms with Crippen LogP contribution in [0.4, 0.5) is 28.4 Å². The molecule has 0 aromatic heterocycles. The van der Waals surface area contributed by atoms with Crippen molar-refractivity contribution in [2.75, 3.05) is 47.4 Å². The normalized spacial score (nSPS) is 20.5. The lowest BCUT2D eigenvalue weighted by Crippen LogP contribution is -2.45. The molecule has 12 heteroatoms. The number of ether oxygens (including phenoxy) is 2. The molecule has 0 aliphatic carbocycles.